The van der Waals surface area contributed by atoms with Crippen LogP contribution in [0.2, 0.25) is 0 Å². The number of carbonyl (C=O) groups is 2. The molecule has 1 N–H and O–H groups in total. The SMILES string of the molecule is CCC(=O)C1=C(O)CC(c2c(C)cc(C)cc2C)CC1=O. The number of aliphatic hydroxyl groups is 1. The third-order valence-corrected chi connectivity index (χ3v) is 4.19. The number of aryl methyl sites for hydroxylation is 3. The minimum atomic E-state index is -0.256. The Bertz CT molecular complexity index is 615. The highest BCUT2D eigenvalue weighted by Crippen LogP contribution is 2.37. The first-order chi connectivity index (χ1) is 9.85. The first kappa shape index (κ1) is 15.5. The molecule has 1 aliphatic rings. The van der Waals surface area contributed by atoms with Gasteiger partial charge >= 0.3 is 0 Å². The highest BCUT2D eigenvalue weighted by atomic mass is 16.3. The van der Waals surface area contributed by atoms with Crippen LogP contribution in [0.15, 0.2) is 23.5 Å². The van der Waals surface area contributed by atoms with Crippen molar-refractivity contribution >= 4 is 11.6 Å². The molecule has 0 fully saturated rings. The van der Waals surface area contributed by atoms with Crippen LogP contribution in [0.5, 0.6) is 0 Å². The minimum absolute atomic E-state index is 0.0242. The summed E-state index contributed by atoms with van der Waals surface area (Å²) >= 11 is 0. The van der Waals surface area contributed by atoms with Crippen LogP contribution in [0.3, 0.4) is 0 Å². The van der Waals surface area contributed by atoms with E-state index in [0.717, 1.165) is 16.7 Å². The zero-order valence-corrected chi connectivity index (χ0v) is 13.1. The van der Waals surface area contributed by atoms with Crippen molar-refractivity contribution in [2.24, 2.45) is 0 Å². The number of hydrogen-bond acceptors (Lipinski definition) is 3. The van der Waals surface area contributed by atoms with E-state index in [1.54, 1.807) is 6.92 Å². The first-order valence-corrected chi connectivity index (χ1v) is 7.41. The zero-order chi connectivity index (χ0) is 15.7. The van der Waals surface area contributed by atoms with Crippen molar-refractivity contribution in [3.8, 4) is 0 Å². The Labute approximate surface area is 125 Å². The Kier molecular flexibility index (Phi) is 4.31. The smallest absolute Gasteiger partial charge is 0.170 e. The van der Waals surface area contributed by atoms with Crippen molar-refractivity contribution < 1.29 is 14.7 Å². The summed E-state index contributed by atoms with van der Waals surface area (Å²) in [5.74, 6) is -0.558. The Morgan fingerprint density at radius 2 is 1.76 bits per heavy atom. The van der Waals surface area contributed by atoms with Gasteiger partial charge in [-0.3, -0.25) is 9.59 Å². The van der Waals surface area contributed by atoms with Crippen LogP contribution < -0.4 is 0 Å². The van der Waals surface area contributed by atoms with Crippen molar-refractivity contribution in [2.45, 2.75) is 52.9 Å². The number of Topliss-reactive ketones (excluding diaryl/α,β-unsaturated/α-hetero) is 2. The summed E-state index contributed by atoms with van der Waals surface area (Å²) in [5.41, 5.74) is 4.63. The molecule has 0 saturated heterocycles. The van der Waals surface area contributed by atoms with Crippen LogP contribution in [-0.4, -0.2) is 16.7 Å². The summed E-state index contributed by atoms with van der Waals surface area (Å²) in [5, 5.41) is 10.1. The van der Waals surface area contributed by atoms with E-state index in [4.69, 9.17) is 0 Å². The highest BCUT2D eigenvalue weighted by molar-refractivity contribution is 6.21. The van der Waals surface area contributed by atoms with Crippen molar-refractivity contribution in [3.63, 3.8) is 0 Å². The maximum atomic E-state index is 12.2. The van der Waals surface area contributed by atoms with E-state index in [1.807, 2.05) is 20.8 Å². The first-order valence-electron chi connectivity index (χ1n) is 7.41. The van der Waals surface area contributed by atoms with Crippen LogP contribution in [0.4, 0.5) is 0 Å². The summed E-state index contributed by atoms with van der Waals surface area (Å²) in [6.07, 6.45) is 0.922. The third-order valence-electron chi connectivity index (χ3n) is 4.19. The lowest BCUT2D eigenvalue weighted by Gasteiger charge is -2.26. The van der Waals surface area contributed by atoms with Crippen LogP contribution in [-0.2, 0) is 9.59 Å². The fraction of sp³-hybridized carbons (Fsp3) is 0.444. The predicted octanol–water partition coefficient (Wildman–Crippen LogP) is 3.85. The molecule has 112 valence electrons. The molecule has 1 aromatic carbocycles. The zero-order valence-electron chi connectivity index (χ0n) is 13.1. The second kappa shape index (κ2) is 5.84. The molecule has 0 bridgehead atoms. The molecular weight excluding hydrogens is 264 g/mol. The number of aliphatic hydroxyl groups excluding tert-OH is 1. The van der Waals surface area contributed by atoms with Crippen LogP contribution in [0.25, 0.3) is 0 Å². The summed E-state index contributed by atoms with van der Waals surface area (Å²) in [7, 11) is 0. The number of allylic oxidation sites excluding steroid dienone is 2. The number of ketones is 2. The van der Waals surface area contributed by atoms with E-state index >= 15 is 0 Å². The Balaban J connectivity index is 2.41. The van der Waals surface area contributed by atoms with Gasteiger partial charge in [0.1, 0.15) is 5.76 Å². The van der Waals surface area contributed by atoms with E-state index in [9.17, 15) is 14.7 Å². The van der Waals surface area contributed by atoms with Gasteiger partial charge in [0.15, 0.2) is 11.6 Å². The summed E-state index contributed by atoms with van der Waals surface area (Å²) < 4.78 is 0. The number of carbonyl (C=O) groups excluding carboxylic acids is 2. The largest absolute Gasteiger partial charge is 0.511 e. The lowest BCUT2D eigenvalue weighted by atomic mass is 9.78. The molecular formula is C18H22O3. The summed E-state index contributed by atoms with van der Waals surface area (Å²) in [6.45, 7) is 7.82. The summed E-state index contributed by atoms with van der Waals surface area (Å²) in [4.78, 5) is 24.0. The average Bonchev–Trinajstić information content (AvgIpc) is 2.36. The van der Waals surface area contributed by atoms with Crippen molar-refractivity contribution in [1.29, 1.82) is 0 Å². The van der Waals surface area contributed by atoms with Gasteiger partial charge in [-0.15, -0.1) is 0 Å². The van der Waals surface area contributed by atoms with Gasteiger partial charge in [0.25, 0.3) is 0 Å². The van der Waals surface area contributed by atoms with Crippen molar-refractivity contribution in [1.82, 2.24) is 0 Å². The molecule has 21 heavy (non-hydrogen) atoms. The third kappa shape index (κ3) is 2.92. The van der Waals surface area contributed by atoms with Crippen molar-refractivity contribution in [3.05, 3.63) is 45.7 Å². The van der Waals surface area contributed by atoms with Gasteiger partial charge in [0, 0.05) is 19.3 Å². The second-order valence-electron chi connectivity index (χ2n) is 5.94. The van der Waals surface area contributed by atoms with Crippen LogP contribution in [0.1, 0.15) is 54.4 Å². The fourth-order valence-electron chi connectivity index (χ4n) is 3.43. The molecule has 3 nitrogen and oxygen atoms in total. The highest BCUT2D eigenvalue weighted by Gasteiger charge is 2.32. The maximum absolute atomic E-state index is 12.2. The molecule has 0 saturated carbocycles. The average molecular weight is 286 g/mol. The van der Waals surface area contributed by atoms with E-state index in [-0.39, 0.29) is 35.2 Å². The monoisotopic (exact) mass is 286 g/mol. The van der Waals surface area contributed by atoms with Gasteiger partial charge in [-0.2, -0.15) is 0 Å². The molecule has 1 unspecified atom stereocenters. The molecule has 0 aromatic heterocycles. The topological polar surface area (TPSA) is 54.4 Å². The van der Waals surface area contributed by atoms with Gasteiger partial charge in [0.2, 0.25) is 0 Å². The molecule has 1 aliphatic carbocycles. The predicted molar refractivity (Wildman–Crippen MR) is 82.6 cm³/mol. The Morgan fingerprint density at radius 3 is 2.24 bits per heavy atom. The van der Waals surface area contributed by atoms with Gasteiger partial charge in [-0.25, -0.2) is 0 Å². The molecule has 0 heterocycles. The number of hydrogen-bond donors (Lipinski definition) is 1. The van der Waals surface area contributed by atoms with Gasteiger partial charge in [-0.1, -0.05) is 24.6 Å². The Morgan fingerprint density at radius 1 is 1.19 bits per heavy atom. The molecule has 0 amide bonds. The molecule has 0 spiro atoms. The lowest BCUT2D eigenvalue weighted by molar-refractivity contribution is -0.122. The molecule has 1 aromatic rings. The van der Waals surface area contributed by atoms with E-state index in [2.05, 4.69) is 12.1 Å². The number of rotatable bonds is 3. The summed E-state index contributed by atoms with van der Waals surface area (Å²) in [6, 6.07) is 4.20. The number of benzene rings is 1. The quantitative estimate of drug-likeness (QED) is 0.859. The standard InChI is InChI=1S/C18H22O3/c1-5-14(19)18-15(20)8-13(9-16(18)21)17-11(3)6-10(2)7-12(17)4/h6-7,13,20H,5,8-9H2,1-4H3. The van der Waals surface area contributed by atoms with Gasteiger partial charge in [0.05, 0.1) is 5.57 Å². The van der Waals surface area contributed by atoms with Gasteiger partial charge < -0.3 is 5.11 Å². The van der Waals surface area contributed by atoms with E-state index in [1.165, 1.54) is 5.56 Å². The van der Waals surface area contributed by atoms with Crippen molar-refractivity contribution in [2.75, 3.05) is 0 Å². The van der Waals surface area contributed by atoms with E-state index < -0.39 is 0 Å². The maximum Gasteiger partial charge on any atom is 0.170 e. The van der Waals surface area contributed by atoms with Gasteiger partial charge in [-0.05, 0) is 43.4 Å². The Hall–Kier alpha value is -1.90. The minimum Gasteiger partial charge on any atom is -0.511 e. The molecule has 1 atom stereocenters. The lowest BCUT2D eigenvalue weighted by Crippen LogP contribution is -2.24. The van der Waals surface area contributed by atoms with Crippen LogP contribution >= 0.6 is 0 Å². The second-order valence-corrected chi connectivity index (χ2v) is 5.94. The molecule has 2 rings (SSSR count). The van der Waals surface area contributed by atoms with E-state index in [0.29, 0.717) is 12.8 Å². The molecule has 0 radical (unpaired) electrons. The van der Waals surface area contributed by atoms with Crippen LogP contribution in [0, 0.1) is 20.8 Å². The fourth-order valence-corrected chi connectivity index (χ4v) is 3.43. The normalized spacial score (nSPS) is 19.0. The molecule has 3 heteroatoms. The molecule has 0 aliphatic heterocycles.